The zero-order chi connectivity index (χ0) is 12.7. The number of amides is 1. The molecule has 1 fully saturated rings. The minimum Gasteiger partial charge on any atom is -0.355 e. The average molecular weight is 258 g/mol. The zero-order valence-corrected chi connectivity index (χ0v) is 12.1. The molecule has 0 aromatic carbocycles. The summed E-state index contributed by atoms with van der Waals surface area (Å²) in [5, 5.41) is 6.94. The Labute approximate surface area is 109 Å². The standard InChI is InChI=1S/C13H26N2OS/c1-10(12-5-4-6-14-9-12)7-13(16)15-8-11(2)17-3/h10-12,14H,4-9H2,1-3H3,(H,15,16)/t10-,11+,12-/m0/s1. The number of nitrogens with one attached hydrogen (secondary N) is 2. The van der Waals surface area contributed by atoms with E-state index in [2.05, 4.69) is 30.7 Å². The molecule has 3 atom stereocenters. The minimum absolute atomic E-state index is 0.212. The fourth-order valence-corrected chi connectivity index (χ4v) is 2.49. The molecule has 2 N–H and O–H groups in total. The van der Waals surface area contributed by atoms with Crippen molar-refractivity contribution in [3.8, 4) is 0 Å². The number of carbonyl (C=O) groups excluding carboxylic acids is 1. The van der Waals surface area contributed by atoms with Crippen molar-refractivity contribution in [1.29, 1.82) is 0 Å². The largest absolute Gasteiger partial charge is 0.355 e. The molecule has 1 amide bonds. The van der Waals surface area contributed by atoms with Gasteiger partial charge in [-0.15, -0.1) is 0 Å². The van der Waals surface area contributed by atoms with Crippen LogP contribution in [0, 0.1) is 11.8 Å². The first kappa shape index (κ1) is 14.8. The molecule has 1 heterocycles. The number of hydrogen-bond donors (Lipinski definition) is 2. The first-order valence-electron chi connectivity index (χ1n) is 6.63. The zero-order valence-electron chi connectivity index (χ0n) is 11.3. The van der Waals surface area contributed by atoms with Crippen molar-refractivity contribution in [3.63, 3.8) is 0 Å². The van der Waals surface area contributed by atoms with E-state index in [1.807, 2.05) is 0 Å². The monoisotopic (exact) mass is 258 g/mol. The van der Waals surface area contributed by atoms with Crippen molar-refractivity contribution < 1.29 is 4.79 Å². The van der Waals surface area contributed by atoms with Gasteiger partial charge in [-0.1, -0.05) is 13.8 Å². The number of carbonyl (C=O) groups is 1. The summed E-state index contributed by atoms with van der Waals surface area (Å²) in [4.78, 5) is 11.8. The number of piperidine rings is 1. The van der Waals surface area contributed by atoms with Gasteiger partial charge in [-0.3, -0.25) is 4.79 Å². The van der Waals surface area contributed by atoms with Crippen molar-refractivity contribution in [2.45, 2.75) is 38.4 Å². The maximum atomic E-state index is 11.8. The van der Waals surface area contributed by atoms with Crippen LogP contribution in [0.5, 0.6) is 0 Å². The lowest BCUT2D eigenvalue weighted by Gasteiger charge is -2.28. The maximum Gasteiger partial charge on any atom is 0.220 e. The van der Waals surface area contributed by atoms with Gasteiger partial charge in [0.2, 0.25) is 5.91 Å². The molecule has 3 nitrogen and oxygen atoms in total. The third-order valence-electron chi connectivity index (χ3n) is 3.64. The van der Waals surface area contributed by atoms with Crippen LogP contribution in [-0.4, -0.2) is 37.0 Å². The van der Waals surface area contributed by atoms with Crippen LogP contribution in [0.1, 0.15) is 33.1 Å². The third-order valence-corrected chi connectivity index (χ3v) is 4.61. The van der Waals surface area contributed by atoms with Gasteiger partial charge in [-0.05, 0) is 44.0 Å². The summed E-state index contributed by atoms with van der Waals surface area (Å²) in [5.74, 6) is 1.38. The first-order chi connectivity index (χ1) is 8.13. The molecule has 100 valence electrons. The van der Waals surface area contributed by atoms with E-state index in [1.165, 1.54) is 12.8 Å². The molecule has 4 heteroatoms. The van der Waals surface area contributed by atoms with Crippen molar-refractivity contribution in [2.75, 3.05) is 25.9 Å². The van der Waals surface area contributed by atoms with Crippen molar-refractivity contribution in [3.05, 3.63) is 0 Å². The van der Waals surface area contributed by atoms with Gasteiger partial charge < -0.3 is 10.6 Å². The van der Waals surface area contributed by atoms with Crippen LogP contribution in [0.3, 0.4) is 0 Å². The summed E-state index contributed by atoms with van der Waals surface area (Å²) >= 11 is 1.79. The summed E-state index contributed by atoms with van der Waals surface area (Å²) in [6.45, 7) is 7.35. The van der Waals surface area contributed by atoms with Gasteiger partial charge in [0.1, 0.15) is 0 Å². The average Bonchev–Trinajstić information content (AvgIpc) is 2.36. The second-order valence-corrected chi connectivity index (χ2v) is 6.41. The van der Waals surface area contributed by atoms with E-state index in [0.29, 0.717) is 23.5 Å². The Morgan fingerprint density at radius 2 is 2.29 bits per heavy atom. The van der Waals surface area contributed by atoms with Crippen LogP contribution in [0.25, 0.3) is 0 Å². The summed E-state index contributed by atoms with van der Waals surface area (Å²) in [7, 11) is 0. The smallest absolute Gasteiger partial charge is 0.220 e. The first-order valence-corrected chi connectivity index (χ1v) is 7.92. The van der Waals surface area contributed by atoms with E-state index in [0.717, 1.165) is 19.6 Å². The van der Waals surface area contributed by atoms with Gasteiger partial charge in [0.25, 0.3) is 0 Å². The molecule has 17 heavy (non-hydrogen) atoms. The Balaban J connectivity index is 2.20. The SMILES string of the molecule is CS[C@H](C)CNC(=O)C[C@H](C)[C@H]1CCCNC1. The van der Waals surface area contributed by atoms with Gasteiger partial charge in [-0.2, -0.15) is 11.8 Å². The molecule has 1 aliphatic heterocycles. The topological polar surface area (TPSA) is 41.1 Å². The van der Waals surface area contributed by atoms with Crippen LogP contribution in [-0.2, 0) is 4.79 Å². The molecule has 0 saturated carbocycles. The van der Waals surface area contributed by atoms with E-state index in [1.54, 1.807) is 11.8 Å². The highest BCUT2D eigenvalue weighted by Gasteiger charge is 2.21. The lowest BCUT2D eigenvalue weighted by molar-refractivity contribution is -0.122. The molecule has 0 aromatic heterocycles. The normalized spacial score (nSPS) is 24.1. The van der Waals surface area contributed by atoms with Crippen LogP contribution >= 0.6 is 11.8 Å². The van der Waals surface area contributed by atoms with Crippen LogP contribution in [0.4, 0.5) is 0 Å². The molecule has 0 spiro atoms. The number of rotatable bonds is 6. The molecule has 1 saturated heterocycles. The molecular formula is C13H26N2OS. The van der Waals surface area contributed by atoms with Crippen LogP contribution in [0.2, 0.25) is 0 Å². The number of thioether (sulfide) groups is 1. The highest BCUT2D eigenvalue weighted by molar-refractivity contribution is 7.99. The van der Waals surface area contributed by atoms with Gasteiger partial charge in [0.05, 0.1) is 0 Å². The highest BCUT2D eigenvalue weighted by atomic mass is 32.2. The molecule has 0 bridgehead atoms. The number of hydrogen-bond acceptors (Lipinski definition) is 3. The molecule has 0 radical (unpaired) electrons. The molecule has 1 rings (SSSR count). The van der Waals surface area contributed by atoms with E-state index in [9.17, 15) is 4.79 Å². The summed E-state index contributed by atoms with van der Waals surface area (Å²) < 4.78 is 0. The van der Waals surface area contributed by atoms with Crippen molar-refractivity contribution in [1.82, 2.24) is 10.6 Å². The molecule has 0 unspecified atom stereocenters. The van der Waals surface area contributed by atoms with Crippen LogP contribution < -0.4 is 10.6 Å². The van der Waals surface area contributed by atoms with Gasteiger partial charge in [0.15, 0.2) is 0 Å². The highest BCUT2D eigenvalue weighted by Crippen LogP contribution is 2.22. The maximum absolute atomic E-state index is 11.8. The van der Waals surface area contributed by atoms with E-state index >= 15 is 0 Å². The van der Waals surface area contributed by atoms with Crippen molar-refractivity contribution >= 4 is 17.7 Å². The summed E-state index contributed by atoms with van der Waals surface area (Å²) in [5.41, 5.74) is 0. The third kappa shape index (κ3) is 5.77. The molecular weight excluding hydrogens is 232 g/mol. The fourth-order valence-electron chi connectivity index (χ4n) is 2.24. The molecule has 0 aromatic rings. The van der Waals surface area contributed by atoms with E-state index in [4.69, 9.17) is 0 Å². The second kappa shape index (κ2) is 7.98. The quantitative estimate of drug-likeness (QED) is 0.764. The van der Waals surface area contributed by atoms with E-state index < -0.39 is 0 Å². The van der Waals surface area contributed by atoms with E-state index in [-0.39, 0.29) is 5.91 Å². The van der Waals surface area contributed by atoms with Crippen LogP contribution in [0.15, 0.2) is 0 Å². The molecule has 1 aliphatic rings. The lowest BCUT2D eigenvalue weighted by atomic mass is 9.85. The Bertz CT molecular complexity index is 229. The minimum atomic E-state index is 0.212. The predicted octanol–water partition coefficient (Wildman–Crippen LogP) is 1.88. The van der Waals surface area contributed by atoms with Gasteiger partial charge in [-0.25, -0.2) is 0 Å². The fraction of sp³-hybridized carbons (Fsp3) is 0.923. The Kier molecular flexibility index (Phi) is 6.97. The Hall–Kier alpha value is -0.220. The lowest BCUT2D eigenvalue weighted by Crippen LogP contribution is -2.36. The van der Waals surface area contributed by atoms with Crippen molar-refractivity contribution in [2.24, 2.45) is 11.8 Å². The Morgan fingerprint density at radius 3 is 2.88 bits per heavy atom. The summed E-state index contributed by atoms with van der Waals surface area (Å²) in [6, 6.07) is 0. The Morgan fingerprint density at radius 1 is 1.53 bits per heavy atom. The van der Waals surface area contributed by atoms with Gasteiger partial charge in [0, 0.05) is 18.2 Å². The van der Waals surface area contributed by atoms with Gasteiger partial charge >= 0.3 is 0 Å². The molecule has 0 aliphatic carbocycles. The second-order valence-electron chi connectivity index (χ2n) is 5.14. The summed E-state index contributed by atoms with van der Waals surface area (Å²) in [6.07, 6.45) is 5.27. The predicted molar refractivity (Wildman–Crippen MR) is 75.4 cm³/mol.